The predicted molar refractivity (Wildman–Crippen MR) is 122 cm³/mol. The number of nitriles is 1. The van der Waals surface area contributed by atoms with Crippen LogP contribution in [0.2, 0.25) is 0 Å². The first-order valence-electron chi connectivity index (χ1n) is 10.1. The van der Waals surface area contributed by atoms with Gasteiger partial charge in [-0.1, -0.05) is 37.3 Å². The smallest absolute Gasteiger partial charge is 0.270 e. The fourth-order valence-corrected chi connectivity index (χ4v) is 5.14. The van der Waals surface area contributed by atoms with Crippen molar-refractivity contribution in [3.8, 4) is 6.07 Å². The number of amides is 1. The summed E-state index contributed by atoms with van der Waals surface area (Å²) < 4.78 is 2.24. The van der Waals surface area contributed by atoms with Crippen molar-refractivity contribution in [2.45, 2.75) is 53.0 Å². The van der Waals surface area contributed by atoms with Crippen LogP contribution in [0.15, 0.2) is 9.70 Å². The third-order valence-electron chi connectivity index (χ3n) is 5.45. The average molecular weight is 431 g/mol. The number of pyridine rings is 1. The number of nitrogens with zero attached hydrogens (tertiary/aromatic N) is 4. The van der Waals surface area contributed by atoms with Gasteiger partial charge in [-0.3, -0.25) is 19.1 Å². The normalized spacial score (nSPS) is 18.2. The molecule has 0 spiro atoms. The van der Waals surface area contributed by atoms with E-state index in [1.807, 2.05) is 13.0 Å². The maximum Gasteiger partial charge on any atom is 0.270 e. The van der Waals surface area contributed by atoms with E-state index in [2.05, 4.69) is 17.9 Å². The summed E-state index contributed by atoms with van der Waals surface area (Å²) in [5, 5.41) is 9.60. The molecule has 0 saturated carbocycles. The van der Waals surface area contributed by atoms with Gasteiger partial charge in [-0.15, -0.1) is 0 Å². The van der Waals surface area contributed by atoms with Gasteiger partial charge in [-0.25, -0.2) is 0 Å². The van der Waals surface area contributed by atoms with Crippen LogP contribution in [-0.4, -0.2) is 39.3 Å². The Labute approximate surface area is 181 Å². The lowest BCUT2D eigenvalue weighted by Crippen LogP contribution is -2.33. The summed E-state index contributed by atoms with van der Waals surface area (Å²) in [7, 11) is 0. The van der Waals surface area contributed by atoms with Gasteiger partial charge in [-0.05, 0) is 44.7 Å². The van der Waals surface area contributed by atoms with Crippen molar-refractivity contribution in [1.29, 1.82) is 5.26 Å². The number of aromatic nitrogens is 1. The number of thioether (sulfide) groups is 1. The second-order valence-electron chi connectivity index (χ2n) is 7.28. The van der Waals surface area contributed by atoms with Crippen molar-refractivity contribution >= 4 is 46.1 Å². The van der Waals surface area contributed by atoms with E-state index >= 15 is 0 Å². The molecule has 1 amide bonds. The number of carbonyl (C=O) groups excluding carboxylic acids is 1. The first-order valence-corrected chi connectivity index (χ1v) is 11.3. The molecule has 2 aliphatic heterocycles. The molecule has 0 radical (unpaired) electrons. The third-order valence-corrected chi connectivity index (χ3v) is 6.83. The first kappa shape index (κ1) is 21.6. The van der Waals surface area contributed by atoms with E-state index in [0.29, 0.717) is 27.9 Å². The summed E-state index contributed by atoms with van der Waals surface area (Å²) in [6.45, 7) is 8.60. The number of anilines is 1. The zero-order valence-electron chi connectivity index (χ0n) is 17.2. The standard InChI is InChI=1S/C21H26N4O2S2/c1-4-6-11-25-20(27)17(29-21(25)28)12-15-14(3)16(13-22)19(26)24(5-2)18(15)23-9-7-8-10-23/h12H,4-11H2,1-3H3. The Morgan fingerprint density at radius 2 is 1.93 bits per heavy atom. The molecule has 0 bridgehead atoms. The zero-order chi connectivity index (χ0) is 21.1. The van der Waals surface area contributed by atoms with Crippen LogP contribution in [0.4, 0.5) is 5.82 Å². The maximum absolute atomic E-state index is 12.9. The van der Waals surface area contributed by atoms with Crippen molar-refractivity contribution in [1.82, 2.24) is 9.47 Å². The van der Waals surface area contributed by atoms with Crippen LogP contribution in [-0.2, 0) is 11.3 Å². The molecule has 6 nitrogen and oxygen atoms in total. The maximum atomic E-state index is 12.9. The first-order chi connectivity index (χ1) is 13.9. The highest BCUT2D eigenvalue weighted by Crippen LogP contribution is 2.36. The Hall–Kier alpha value is -2.11. The lowest BCUT2D eigenvalue weighted by Gasteiger charge is -2.26. The van der Waals surface area contributed by atoms with Gasteiger partial charge in [0.2, 0.25) is 0 Å². The van der Waals surface area contributed by atoms with E-state index in [1.165, 1.54) is 11.8 Å². The van der Waals surface area contributed by atoms with Crippen LogP contribution in [0.25, 0.3) is 6.08 Å². The fraction of sp³-hybridized carbons (Fsp3) is 0.524. The monoisotopic (exact) mass is 430 g/mol. The minimum Gasteiger partial charge on any atom is -0.357 e. The molecule has 3 heterocycles. The number of carbonyl (C=O) groups is 1. The molecule has 29 heavy (non-hydrogen) atoms. The van der Waals surface area contributed by atoms with Crippen molar-refractivity contribution in [2.75, 3.05) is 24.5 Å². The number of unbranched alkanes of at least 4 members (excludes halogenated alkanes) is 1. The summed E-state index contributed by atoms with van der Waals surface area (Å²) >= 11 is 6.72. The van der Waals surface area contributed by atoms with Gasteiger partial charge in [0.05, 0.1) is 4.91 Å². The highest BCUT2D eigenvalue weighted by Gasteiger charge is 2.33. The van der Waals surface area contributed by atoms with Crippen molar-refractivity contribution in [2.24, 2.45) is 0 Å². The van der Waals surface area contributed by atoms with Gasteiger partial charge in [0.25, 0.3) is 11.5 Å². The number of hydrogen-bond acceptors (Lipinski definition) is 6. The summed E-state index contributed by atoms with van der Waals surface area (Å²) in [6, 6.07) is 2.07. The Balaban J connectivity index is 2.17. The van der Waals surface area contributed by atoms with Crippen LogP contribution >= 0.6 is 24.0 Å². The fourth-order valence-electron chi connectivity index (χ4n) is 3.85. The van der Waals surface area contributed by atoms with E-state index in [4.69, 9.17) is 12.2 Å². The largest absolute Gasteiger partial charge is 0.357 e. The van der Waals surface area contributed by atoms with Crippen molar-refractivity contribution < 1.29 is 4.79 Å². The molecule has 8 heteroatoms. The highest BCUT2D eigenvalue weighted by atomic mass is 32.2. The van der Waals surface area contributed by atoms with Crippen LogP contribution in [0, 0.1) is 18.3 Å². The summed E-state index contributed by atoms with van der Waals surface area (Å²) in [4.78, 5) is 30.3. The van der Waals surface area contributed by atoms with Gasteiger partial charge >= 0.3 is 0 Å². The minimum absolute atomic E-state index is 0.0898. The molecule has 0 atom stereocenters. The second-order valence-corrected chi connectivity index (χ2v) is 8.96. The average Bonchev–Trinajstić information content (AvgIpc) is 3.31. The van der Waals surface area contributed by atoms with Crippen LogP contribution in [0.3, 0.4) is 0 Å². The number of hydrogen-bond donors (Lipinski definition) is 0. The molecule has 2 saturated heterocycles. The molecule has 0 N–H and O–H groups in total. The van der Waals surface area contributed by atoms with E-state index in [0.717, 1.165) is 50.2 Å². The Bertz CT molecular complexity index is 968. The lowest BCUT2D eigenvalue weighted by atomic mass is 10.0. The van der Waals surface area contributed by atoms with Crippen LogP contribution in [0.5, 0.6) is 0 Å². The summed E-state index contributed by atoms with van der Waals surface area (Å²) in [6.07, 6.45) is 5.85. The molecule has 0 aromatic carbocycles. The predicted octanol–water partition coefficient (Wildman–Crippen LogP) is 3.65. The minimum atomic E-state index is -0.262. The quantitative estimate of drug-likeness (QED) is 0.507. The van der Waals surface area contributed by atoms with Gasteiger partial charge in [-0.2, -0.15) is 5.26 Å². The molecule has 154 valence electrons. The van der Waals surface area contributed by atoms with E-state index in [1.54, 1.807) is 16.4 Å². The SMILES string of the molecule is CCCCN1C(=O)C(=Cc2c(C)c(C#N)c(=O)n(CC)c2N2CCCC2)SC1=S. The lowest BCUT2D eigenvalue weighted by molar-refractivity contribution is -0.122. The number of thiocarbonyl (C=S) groups is 1. The van der Waals surface area contributed by atoms with E-state index < -0.39 is 0 Å². The zero-order valence-corrected chi connectivity index (χ0v) is 18.8. The van der Waals surface area contributed by atoms with Crippen LogP contribution in [0.1, 0.15) is 56.2 Å². The Morgan fingerprint density at radius 3 is 2.52 bits per heavy atom. The molecular weight excluding hydrogens is 404 g/mol. The van der Waals surface area contributed by atoms with Gasteiger partial charge in [0, 0.05) is 31.7 Å². The van der Waals surface area contributed by atoms with Crippen molar-refractivity contribution in [3.63, 3.8) is 0 Å². The van der Waals surface area contributed by atoms with E-state index in [9.17, 15) is 14.9 Å². The van der Waals surface area contributed by atoms with Crippen LogP contribution < -0.4 is 10.5 Å². The molecular formula is C21H26N4O2S2. The summed E-state index contributed by atoms with van der Waals surface area (Å²) in [5.74, 6) is 0.721. The van der Waals surface area contributed by atoms with Gasteiger partial charge < -0.3 is 4.90 Å². The third kappa shape index (κ3) is 3.99. The Morgan fingerprint density at radius 1 is 1.24 bits per heavy atom. The van der Waals surface area contributed by atoms with Gasteiger partial charge in [0.1, 0.15) is 21.8 Å². The van der Waals surface area contributed by atoms with Gasteiger partial charge in [0.15, 0.2) is 0 Å². The molecule has 2 aliphatic rings. The summed E-state index contributed by atoms with van der Waals surface area (Å²) in [5.41, 5.74) is 1.29. The topological polar surface area (TPSA) is 69.3 Å². The highest BCUT2D eigenvalue weighted by molar-refractivity contribution is 8.26. The second kappa shape index (κ2) is 9.14. The number of rotatable bonds is 6. The molecule has 0 unspecified atom stereocenters. The molecule has 2 fully saturated rings. The molecule has 0 aliphatic carbocycles. The molecule has 1 aromatic rings. The Kier molecular flexibility index (Phi) is 6.81. The molecule has 3 rings (SSSR count). The van der Waals surface area contributed by atoms with Crippen molar-refractivity contribution in [3.05, 3.63) is 31.9 Å². The van der Waals surface area contributed by atoms with E-state index in [-0.39, 0.29) is 17.0 Å². The molecule has 1 aromatic heterocycles.